The van der Waals surface area contributed by atoms with Crippen LogP contribution in [0.1, 0.15) is 17.8 Å². The van der Waals surface area contributed by atoms with E-state index in [9.17, 15) is 0 Å². The molecule has 0 unspecified atom stereocenters. The van der Waals surface area contributed by atoms with Gasteiger partial charge in [-0.1, -0.05) is 15.9 Å². The molecule has 0 saturated heterocycles. The first kappa shape index (κ1) is 12.6. The maximum Gasteiger partial charge on any atom is 0.137 e. The van der Waals surface area contributed by atoms with E-state index in [1.165, 1.54) is 6.33 Å². The van der Waals surface area contributed by atoms with Crippen molar-refractivity contribution >= 4 is 21.6 Å². The fourth-order valence-electron chi connectivity index (χ4n) is 1.59. The van der Waals surface area contributed by atoms with Crippen LogP contribution in [-0.4, -0.2) is 21.7 Å². The molecular formula is C12H12BrN5. The lowest BCUT2D eigenvalue weighted by atomic mass is 10.2. The molecule has 0 aliphatic heterocycles. The summed E-state index contributed by atoms with van der Waals surface area (Å²) < 4.78 is 0.958. The molecular weight excluding hydrogens is 294 g/mol. The second kappa shape index (κ2) is 6.17. The number of rotatable bonds is 5. The van der Waals surface area contributed by atoms with Gasteiger partial charge in [0.25, 0.3) is 0 Å². The summed E-state index contributed by atoms with van der Waals surface area (Å²) in [5.74, 6) is 0.881. The summed E-state index contributed by atoms with van der Waals surface area (Å²) in [6.45, 7) is 0.784. The molecule has 0 bridgehead atoms. The summed E-state index contributed by atoms with van der Waals surface area (Å²) in [6.07, 6.45) is 3.26. The number of anilines is 1. The Kier molecular flexibility index (Phi) is 4.31. The zero-order chi connectivity index (χ0) is 12.8. The minimum absolute atomic E-state index is 0.651. The van der Waals surface area contributed by atoms with Crippen LogP contribution in [0.3, 0.4) is 0 Å². The number of nitriles is 1. The van der Waals surface area contributed by atoms with Crippen molar-refractivity contribution in [2.45, 2.75) is 12.8 Å². The SMILES string of the molecule is N#Cc1ccc(Br)cc1NCCCc1ncn[nH]1. The first-order valence-electron chi connectivity index (χ1n) is 5.57. The first-order chi connectivity index (χ1) is 8.79. The molecule has 6 heteroatoms. The molecule has 1 heterocycles. The van der Waals surface area contributed by atoms with Crippen molar-refractivity contribution in [1.82, 2.24) is 15.2 Å². The second-order valence-corrected chi connectivity index (χ2v) is 4.68. The Bertz CT molecular complexity index is 544. The van der Waals surface area contributed by atoms with Crippen molar-refractivity contribution in [1.29, 1.82) is 5.26 Å². The molecule has 0 saturated carbocycles. The van der Waals surface area contributed by atoms with Crippen molar-refractivity contribution in [3.05, 3.63) is 40.4 Å². The van der Waals surface area contributed by atoms with Crippen LogP contribution >= 0.6 is 15.9 Å². The predicted molar refractivity (Wildman–Crippen MR) is 72.1 cm³/mol. The molecule has 0 aliphatic rings. The molecule has 0 atom stereocenters. The normalized spacial score (nSPS) is 10.0. The van der Waals surface area contributed by atoms with Crippen molar-refractivity contribution < 1.29 is 0 Å². The smallest absolute Gasteiger partial charge is 0.137 e. The van der Waals surface area contributed by atoms with E-state index in [2.05, 4.69) is 42.5 Å². The van der Waals surface area contributed by atoms with Crippen molar-refractivity contribution in [2.24, 2.45) is 0 Å². The lowest BCUT2D eigenvalue weighted by Crippen LogP contribution is -2.05. The predicted octanol–water partition coefficient (Wildman–Crippen LogP) is 2.48. The average Bonchev–Trinajstić information content (AvgIpc) is 2.88. The summed E-state index contributed by atoms with van der Waals surface area (Å²) in [7, 11) is 0. The van der Waals surface area contributed by atoms with Gasteiger partial charge in [0.1, 0.15) is 18.2 Å². The highest BCUT2D eigenvalue weighted by molar-refractivity contribution is 9.10. The van der Waals surface area contributed by atoms with E-state index in [4.69, 9.17) is 5.26 Å². The number of nitrogens with zero attached hydrogens (tertiary/aromatic N) is 3. The summed E-state index contributed by atoms with van der Waals surface area (Å²) in [5, 5.41) is 18.9. The van der Waals surface area contributed by atoms with Gasteiger partial charge < -0.3 is 5.32 Å². The Balaban J connectivity index is 1.86. The van der Waals surface area contributed by atoms with Crippen LogP contribution in [0.4, 0.5) is 5.69 Å². The zero-order valence-corrected chi connectivity index (χ0v) is 11.2. The van der Waals surface area contributed by atoms with Gasteiger partial charge in [-0.3, -0.25) is 5.10 Å². The van der Waals surface area contributed by atoms with Gasteiger partial charge in [0.15, 0.2) is 0 Å². The molecule has 0 amide bonds. The van der Waals surface area contributed by atoms with Crippen LogP contribution < -0.4 is 5.32 Å². The molecule has 0 spiro atoms. The molecule has 1 aromatic carbocycles. The number of halogens is 1. The van der Waals surface area contributed by atoms with Crippen LogP contribution in [0.15, 0.2) is 29.0 Å². The summed E-state index contributed by atoms with van der Waals surface area (Å²) in [6, 6.07) is 7.73. The van der Waals surface area contributed by atoms with Gasteiger partial charge in [-0.25, -0.2) is 4.98 Å². The average molecular weight is 306 g/mol. The van der Waals surface area contributed by atoms with E-state index in [1.807, 2.05) is 12.1 Å². The van der Waals surface area contributed by atoms with Gasteiger partial charge in [0.05, 0.1) is 11.3 Å². The van der Waals surface area contributed by atoms with E-state index >= 15 is 0 Å². The lowest BCUT2D eigenvalue weighted by molar-refractivity contribution is 0.805. The fourth-order valence-corrected chi connectivity index (χ4v) is 1.95. The molecule has 5 nitrogen and oxygen atoms in total. The number of benzene rings is 1. The maximum absolute atomic E-state index is 8.99. The van der Waals surface area contributed by atoms with Crippen molar-refractivity contribution in [3.63, 3.8) is 0 Å². The largest absolute Gasteiger partial charge is 0.384 e. The topological polar surface area (TPSA) is 77.4 Å². The molecule has 2 aromatic rings. The molecule has 18 heavy (non-hydrogen) atoms. The van der Waals surface area contributed by atoms with Crippen molar-refractivity contribution in [3.8, 4) is 6.07 Å². The Morgan fingerprint density at radius 2 is 2.33 bits per heavy atom. The van der Waals surface area contributed by atoms with E-state index in [0.29, 0.717) is 5.56 Å². The van der Waals surface area contributed by atoms with E-state index < -0.39 is 0 Å². The number of aromatic amines is 1. The van der Waals surface area contributed by atoms with Crippen LogP contribution in [0.25, 0.3) is 0 Å². The number of nitrogens with one attached hydrogen (secondary N) is 2. The standard InChI is InChI=1S/C12H12BrN5/c13-10-4-3-9(7-14)11(6-10)15-5-1-2-12-16-8-17-18-12/h3-4,6,8,15H,1-2,5H2,(H,16,17,18). The summed E-state index contributed by atoms with van der Waals surface area (Å²) in [5.41, 5.74) is 1.50. The zero-order valence-electron chi connectivity index (χ0n) is 9.65. The number of hydrogen-bond donors (Lipinski definition) is 2. The highest BCUT2D eigenvalue weighted by Gasteiger charge is 2.02. The van der Waals surface area contributed by atoms with Gasteiger partial charge in [0.2, 0.25) is 0 Å². The third-order valence-corrected chi connectivity index (χ3v) is 2.97. The summed E-state index contributed by atoms with van der Waals surface area (Å²) in [4.78, 5) is 4.05. The van der Waals surface area contributed by atoms with Crippen molar-refractivity contribution in [2.75, 3.05) is 11.9 Å². The number of hydrogen-bond acceptors (Lipinski definition) is 4. The Labute approximate surface area is 113 Å². The highest BCUT2D eigenvalue weighted by atomic mass is 79.9. The molecule has 0 radical (unpaired) electrons. The van der Waals surface area contributed by atoms with Crippen LogP contribution in [0, 0.1) is 11.3 Å². The van der Waals surface area contributed by atoms with E-state index in [-0.39, 0.29) is 0 Å². The third-order valence-electron chi connectivity index (χ3n) is 2.47. The second-order valence-electron chi connectivity index (χ2n) is 3.76. The van der Waals surface area contributed by atoms with Crippen LogP contribution in [0.5, 0.6) is 0 Å². The highest BCUT2D eigenvalue weighted by Crippen LogP contribution is 2.20. The molecule has 0 aliphatic carbocycles. The van der Waals surface area contributed by atoms with Gasteiger partial charge >= 0.3 is 0 Å². The molecule has 0 fully saturated rings. The van der Waals surface area contributed by atoms with Crippen LogP contribution in [0.2, 0.25) is 0 Å². The first-order valence-corrected chi connectivity index (χ1v) is 6.36. The van der Waals surface area contributed by atoms with E-state index in [0.717, 1.165) is 35.4 Å². The fraction of sp³-hybridized carbons (Fsp3) is 0.250. The number of aryl methyl sites for hydroxylation is 1. The van der Waals surface area contributed by atoms with E-state index in [1.54, 1.807) is 6.07 Å². The molecule has 2 rings (SSSR count). The van der Waals surface area contributed by atoms with Gasteiger partial charge in [-0.15, -0.1) is 0 Å². The molecule has 2 N–H and O–H groups in total. The third kappa shape index (κ3) is 3.31. The summed E-state index contributed by atoms with van der Waals surface area (Å²) >= 11 is 3.39. The monoisotopic (exact) mass is 305 g/mol. The molecule has 1 aromatic heterocycles. The van der Waals surface area contributed by atoms with Gasteiger partial charge in [0, 0.05) is 17.4 Å². The van der Waals surface area contributed by atoms with Crippen LogP contribution in [-0.2, 0) is 6.42 Å². The maximum atomic E-state index is 8.99. The van der Waals surface area contributed by atoms with Gasteiger partial charge in [-0.05, 0) is 24.6 Å². The molecule has 92 valence electrons. The lowest BCUT2D eigenvalue weighted by Gasteiger charge is -2.07. The minimum Gasteiger partial charge on any atom is -0.384 e. The Morgan fingerprint density at radius 3 is 3.06 bits per heavy atom. The minimum atomic E-state index is 0.651. The quantitative estimate of drug-likeness (QED) is 0.832. The number of H-pyrrole nitrogens is 1. The Morgan fingerprint density at radius 1 is 1.44 bits per heavy atom. The van der Waals surface area contributed by atoms with Gasteiger partial charge in [-0.2, -0.15) is 10.4 Å². The Hall–Kier alpha value is -1.87. The number of aromatic nitrogens is 3.